The fourth-order valence-electron chi connectivity index (χ4n) is 4.61. The molecule has 0 aromatic rings. The Balaban J connectivity index is 2.22. The summed E-state index contributed by atoms with van der Waals surface area (Å²) in [5, 5.41) is 6.86. The van der Waals surface area contributed by atoms with Gasteiger partial charge < -0.3 is 15.4 Å². The quantitative estimate of drug-likeness (QED) is 0.764. The Hall–Kier alpha value is -0.610. The summed E-state index contributed by atoms with van der Waals surface area (Å²) in [4.78, 5) is 12.9. The van der Waals surface area contributed by atoms with E-state index in [0.29, 0.717) is 0 Å². The zero-order chi connectivity index (χ0) is 16.6. The number of hydrogen-bond acceptors (Lipinski definition) is 3. The molecule has 22 heavy (non-hydrogen) atoms. The predicted molar refractivity (Wildman–Crippen MR) is 89.7 cm³/mol. The van der Waals surface area contributed by atoms with Gasteiger partial charge in [-0.05, 0) is 47.0 Å². The summed E-state index contributed by atoms with van der Waals surface area (Å²) < 4.78 is 6.56. The van der Waals surface area contributed by atoms with E-state index in [-0.39, 0.29) is 17.0 Å². The van der Waals surface area contributed by atoms with Gasteiger partial charge in [0, 0.05) is 23.9 Å². The van der Waals surface area contributed by atoms with Gasteiger partial charge in [-0.3, -0.25) is 4.79 Å². The lowest BCUT2D eigenvalue weighted by Crippen LogP contribution is -2.65. The van der Waals surface area contributed by atoms with Gasteiger partial charge in [-0.1, -0.05) is 26.7 Å². The van der Waals surface area contributed by atoms with Crippen LogP contribution >= 0.6 is 0 Å². The maximum absolute atomic E-state index is 12.9. The Kier molecular flexibility index (Phi) is 4.67. The lowest BCUT2D eigenvalue weighted by Gasteiger charge is -2.50. The van der Waals surface area contributed by atoms with E-state index in [0.717, 1.165) is 32.1 Å². The Bertz CT molecular complexity index is 415. The van der Waals surface area contributed by atoms with Crippen LogP contribution in [0.5, 0.6) is 0 Å². The van der Waals surface area contributed by atoms with E-state index in [1.54, 1.807) is 0 Å². The molecule has 4 nitrogen and oxygen atoms in total. The molecular formula is C18H34N2O2. The molecule has 0 aromatic carbocycles. The molecule has 2 heterocycles. The summed E-state index contributed by atoms with van der Waals surface area (Å²) >= 11 is 0. The van der Waals surface area contributed by atoms with Gasteiger partial charge in [-0.2, -0.15) is 0 Å². The number of ether oxygens (including phenoxy) is 1. The number of rotatable bonds is 5. The van der Waals surface area contributed by atoms with E-state index in [1.165, 1.54) is 12.8 Å². The van der Waals surface area contributed by atoms with Gasteiger partial charge in [-0.25, -0.2) is 0 Å². The van der Waals surface area contributed by atoms with Crippen LogP contribution in [0.2, 0.25) is 0 Å². The number of amides is 1. The second kappa shape index (κ2) is 5.79. The van der Waals surface area contributed by atoms with Gasteiger partial charge in [0.25, 0.3) is 5.91 Å². The summed E-state index contributed by atoms with van der Waals surface area (Å²) in [6.45, 7) is 13.0. The summed E-state index contributed by atoms with van der Waals surface area (Å²) in [7, 11) is 0. The summed E-state index contributed by atoms with van der Waals surface area (Å²) in [5.41, 5.74) is -1.35. The van der Waals surface area contributed by atoms with E-state index in [4.69, 9.17) is 4.74 Å². The SMILES string of the molecule is CCCCCC1(CC)NC(=O)C2(CC(C)(C)NC(C)(C)C2)O1. The van der Waals surface area contributed by atoms with Crippen molar-refractivity contribution >= 4 is 5.91 Å². The molecule has 2 fully saturated rings. The van der Waals surface area contributed by atoms with E-state index in [1.807, 2.05) is 0 Å². The first-order valence-corrected chi connectivity index (χ1v) is 8.90. The fourth-order valence-corrected chi connectivity index (χ4v) is 4.61. The molecule has 2 rings (SSSR count). The van der Waals surface area contributed by atoms with Gasteiger partial charge >= 0.3 is 0 Å². The molecule has 2 saturated heterocycles. The molecule has 0 aromatic heterocycles. The average molecular weight is 310 g/mol. The Morgan fingerprint density at radius 3 is 2.14 bits per heavy atom. The Labute approximate surface area is 135 Å². The minimum Gasteiger partial charge on any atom is -0.339 e. The highest BCUT2D eigenvalue weighted by molar-refractivity contribution is 5.88. The maximum Gasteiger partial charge on any atom is 0.254 e. The van der Waals surface area contributed by atoms with E-state index < -0.39 is 11.3 Å². The standard InChI is InChI=1S/C18H34N2O2/c1-7-9-10-11-18(8-2)19-14(21)17(22-18)12-15(3,4)20-16(5,6)13-17/h20H,7-13H2,1-6H3,(H,19,21). The van der Waals surface area contributed by atoms with Crippen molar-refractivity contribution in [1.29, 1.82) is 0 Å². The molecule has 0 radical (unpaired) electrons. The summed E-state index contributed by atoms with van der Waals surface area (Å²) in [6.07, 6.45) is 6.67. The maximum atomic E-state index is 12.9. The Morgan fingerprint density at radius 1 is 1.05 bits per heavy atom. The minimum atomic E-state index is -0.680. The van der Waals surface area contributed by atoms with E-state index in [9.17, 15) is 4.79 Å². The van der Waals surface area contributed by atoms with Crippen molar-refractivity contribution < 1.29 is 9.53 Å². The third-order valence-electron chi connectivity index (χ3n) is 5.03. The lowest BCUT2D eigenvalue weighted by molar-refractivity contribution is -0.164. The van der Waals surface area contributed by atoms with Crippen molar-refractivity contribution in [3.8, 4) is 0 Å². The van der Waals surface area contributed by atoms with Crippen molar-refractivity contribution in [3.63, 3.8) is 0 Å². The van der Waals surface area contributed by atoms with Crippen LogP contribution in [-0.4, -0.2) is 28.3 Å². The molecule has 1 atom stereocenters. The normalized spacial score (nSPS) is 32.2. The first kappa shape index (κ1) is 17.7. The number of unbranched alkanes of at least 4 members (excludes halogenated alkanes) is 2. The molecule has 1 amide bonds. The fraction of sp³-hybridized carbons (Fsp3) is 0.944. The predicted octanol–water partition coefficient (Wildman–Crippen LogP) is 3.50. The monoisotopic (exact) mass is 310 g/mol. The molecule has 0 saturated carbocycles. The Morgan fingerprint density at radius 2 is 1.64 bits per heavy atom. The average Bonchev–Trinajstić information content (AvgIpc) is 2.58. The van der Waals surface area contributed by atoms with Crippen LogP contribution in [0.25, 0.3) is 0 Å². The number of hydrogen-bond donors (Lipinski definition) is 2. The third kappa shape index (κ3) is 3.48. The van der Waals surface area contributed by atoms with Crippen molar-refractivity contribution in [2.45, 2.75) is 109 Å². The smallest absolute Gasteiger partial charge is 0.254 e. The minimum absolute atomic E-state index is 0.0912. The molecular weight excluding hydrogens is 276 g/mol. The van der Waals surface area contributed by atoms with Gasteiger partial charge in [-0.15, -0.1) is 0 Å². The van der Waals surface area contributed by atoms with Crippen LogP contribution < -0.4 is 10.6 Å². The zero-order valence-electron chi connectivity index (χ0n) is 15.3. The number of nitrogens with one attached hydrogen (secondary N) is 2. The van der Waals surface area contributed by atoms with Crippen molar-refractivity contribution in [2.75, 3.05) is 0 Å². The largest absolute Gasteiger partial charge is 0.339 e. The second-order valence-electron chi connectivity index (χ2n) is 8.60. The molecule has 4 heteroatoms. The molecule has 0 aliphatic carbocycles. The van der Waals surface area contributed by atoms with Gasteiger partial charge in [0.15, 0.2) is 5.60 Å². The van der Waals surface area contributed by atoms with Crippen LogP contribution in [0, 0.1) is 0 Å². The van der Waals surface area contributed by atoms with Gasteiger partial charge in [0.05, 0.1) is 0 Å². The van der Waals surface area contributed by atoms with Crippen LogP contribution in [0.1, 0.15) is 86.5 Å². The van der Waals surface area contributed by atoms with Crippen molar-refractivity contribution in [2.24, 2.45) is 0 Å². The first-order chi connectivity index (χ1) is 10.1. The molecule has 2 N–H and O–H groups in total. The van der Waals surface area contributed by atoms with Crippen molar-refractivity contribution in [3.05, 3.63) is 0 Å². The third-order valence-corrected chi connectivity index (χ3v) is 5.03. The van der Waals surface area contributed by atoms with Crippen LogP contribution in [0.4, 0.5) is 0 Å². The summed E-state index contributed by atoms with van der Waals surface area (Å²) in [5.74, 6) is 0.0912. The molecule has 128 valence electrons. The van der Waals surface area contributed by atoms with Crippen LogP contribution in [0.15, 0.2) is 0 Å². The highest BCUT2D eigenvalue weighted by Crippen LogP contribution is 2.45. The second-order valence-corrected chi connectivity index (χ2v) is 8.60. The summed E-state index contributed by atoms with van der Waals surface area (Å²) in [6, 6.07) is 0. The topological polar surface area (TPSA) is 50.4 Å². The van der Waals surface area contributed by atoms with Gasteiger partial charge in [0.2, 0.25) is 0 Å². The first-order valence-electron chi connectivity index (χ1n) is 8.90. The highest BCUT2D eigenvalue weighted by Gasteiger charge is 2.60. The number of carbonyl (C=O) groups excluding carboxylic acids is 1. The lowest BCUT2D eigenvalue weighted by atomic mass is 9.72. The molecule has 1 unspecified atom stereocenters. The molecule has 0 bridgehead atoms. The molecule has 2 aliphatic heterocycles. The van der Waals surface area contributed by atoms with Gasteiger partial charge in [0.1, 0.15) is 5.72 Å². The highest BCUT2D eigenvalue weighted by atomic mass is 16.6. The zero-order valence-corrected chi connectivity index (χ0v) is 15.3. The molecule has 1 spiro atoms. The van der Waals surface area contributed by atoms with Crippen LogP contribution in [-0.2, 0) is 9.53 Å². The number of piperidine rings is 1. The van der Waals surface area contributed by atoms with Crippen LogP contribution in [0.3, 0.4) is 0 Å². The molecule has 2 aliphatic rings. The van der Waals surface area contributed by atoms with E-state index in [2.05, 4.69) is 52.2 Å². The van der Waals surface area contributed by atoms with E-state index >= 15 is 0 Å². The number of carbonyl (C=O) groups is 1. The van der Waals surface area contributed by atoms with Crippen molar-refractivity contribution in [1.82, 2.24) is 10.6 Å².